The molecule has 4 aliphatic carbocycles. The van der Waals surface area contributed by atoms with Crippen LogP contribution in [0, 0.1) is 47.8 Å². The van der Waals surface area contributed by atoms with Crippen LogP contribution in [0.2, 0.25) is 0 Å². The van der Waals surface area contributed by atoms with E-state index in [0.717, 1.165) is 55.0 Å². The van der Waals surface area contributed by atoms with Crippen LogP contribution in [0.1, 0.15) is 83.2 Å². The molecule has 33 heavy (non-hydrogen) atoms. The smallest absolute Gasteiger partial charge is 0.142 e. The van der Waals surface area contributed by atoms with Gasteiger partial charge in [-0.3, -0.25) is 4.79 Å². The Morgan fingerprint density at radius 2 is 1.94 bits per heavy atom. The zero-order valence-corrected chi connectivity index (χ0v) is 20.8. The van der Waals surface area contributed by atoms with Gasteiger partial charge in [0.15, 0.2) is 0 Å². The van der Waals surface area contributed by atoms with Gasteiger partial charge in [0.05, 0.1) is 17.9 Å². The van der Waals surface area contributed by atoms with Crippen molar-refractivity contribution < 1.29 is 14.6 Å². The lowest BCUT2D eigenvalue weighted by Crippen LogP contribution is -2.52. The fourth-order valence-corrected chi connectivity index (χ4v) is 8.82. The first-order chi connectivity index (χ1) is 15.8. The molecule has 182 valence electrons. The molecule has 5 heteroatoms. The molecule has 1 aromatic heterocycles. The van der Waals surface area contributed by atoms with Crippen molar-refractivity contribution in [2.24, 2.45) is 40.9 Å². The number of rotatable bonds is 6. The van der Waals surface area contributed by atoms with Crippen LogP contribution in [-0.4, -0.2) is 39.7 Å². The maximum absolute atomic E-state index is 13.4. The number of aliphatic hydroxyl groups is 1. The molecular weight excluding hydrogens is 412 g/mol. The number of Topliss-reactive ketones (excluding diaryl/α,β-unsaturated/α-hetero) is 1. The molecule has 0 aromatic carbocycles. The molecule has 5 nitrogen and oxygen atoms in total. The Hall–Kier alpha value is -1.33. The summed E-state index contributed by atoms with van der Waals surface area (Å²) in [5.41, 5.74) is 0.407. The second-order valence-corrected chi connectivity index (χ2v) is 12.0. The predicted molar refractivity (Wildman–Crippen MR) is 128 cm³/mol. The lowest BCUT2D eigenvalue weighted by molar-refractivity contribution is -0.137. The first-order valence-electron chi connectivity index (χ1n) is 13.4. The molecule has 0 spiro atoms. The van der Waals surface area contributed by atoms with E-state index in [0.29, 0.717) is 37.3 Å². The minimum Gasteiger partial charge on any atom is -0.387 e. The lowest BCUT2D eigenvalue weighted by Gasteiger charge is -2.57. The van der Waals surface area contributed by atoms with Gasteiger partial charge in [-0.15, -0.1) is 0 Å². The van der Waals surface area contributed by atoms with Crippen LogP contribution in [-0.2, 0) is 16.0 Å². The quantitative estimate of drug-likeness (QED) is 0.660. The Balaban J connectivity index is 1.27. The molecule has 5 rings (SSSR count). The van der Waals surface area contributed by atoms with E-state index in [1.54, 1.807) is 6.20 Å². The highest BCUT2D eigenvalue weighted by Gasteiger charge is 2.58. The molecule has 0 unspecified atom stereocenters. The highest BCUT2D eigenvalue weighted by molar-refractivity contribution is 5.84. The average molecular weight is 455 g/mol. The van der Waals surface area contributed by atoms with E-state index in [1.165, 1.54) is 32.1 Å². The molecule has 8 atom stereocenters. The number of carbonyl (C=O) groups is 1. The maximum atomic E-state index is 13.4. The van der Waals surface area contributed by atoms with Crippen molar-refractivity contribution in [1.82, 2.24) is 9.97 Å². The minimum absolute atomic E-state index is 0.150. The van der Waals surface area contributed by atoms with Crippen molar-refractivity contribution in [3.05, 3.63) is 23.8 Å². The van der Waals surface area contributed by atoms with E-state index in [2.05, 4.69) is 16.9 Å². The van der Waals surface area contributed by atoms with Gasteiger partial charge >= 0.3 is 0 Å². The number of hydrogen-bond donors (Lipinski definition) is 1. The number of aryl methyl sites for hydroxylation is 1. The zero-order valence-electron chi connectivity index (χ0n) is 20.8. The van der Waals surface area contributed by atoms with Crippen LogP contribution in [0.4, 0.5) is 0 Å². The summed E-state index contributed by atoms with van der Waals surface area (Å²) < 4.78 is 5.63. The monoisotopic (exact) mass is 454 g/mol. The van der Waals surface area contributed by atoms with E-state index in [-0.39, 0.29) is 11.3 Å². The number of ketones is 1. The van der Waals surface area contributed by atoms with Gasteiger partial charge in [-0.2, -0.15) is 0 Å². The average Bonchev–Trinajstić information content (AvgIpc) is 3.15. The zero-order chi connectivity index (χ0) is 23.2. The summed E-state index contributed by atoms with van der Waals surface area (Å²) in [6.45, 7) is 7.51. The fraction of sp³-hybridized carbons (Fsp3) is 0.821. The molecule has 1 aromatic rings. The van der Waals surface area contributed by atoms with E-state index < -0.39 is 5.60 Å². The Bertz CT molecular complexity index is 874. The van der Waals surface area contributed by atoms with Crippen molar-refractivity contribution in [1.29, 1.82) is 0 Å². The van der Waals surface area contributed by atoms with Crippen molar-refractivity contribution >= 4 is 5.78 Å². The topological polar surface area (TPSA) is 72.3 Å². The van der Waals surface area contributed by atoms with Gasteiger partial charge < -0.3 is 9.84 Å². The summed E-state index contributed by atoms with van der Waals surface area (Å²) in [4.78, 5) is 22.1. The summed E-state index contributed by atoms with van der Waals surface area (Å²) in [7, 11) is 0. The molecule has 1 heterocycles. The number of aromatic nitrogens is 2. The van der Waals surface area contributed by atoms with Gasteiger partial charge in [-0.05, 0) is 113 Å². The second-order valence-electron chi connectivity index (χ2n) is 12.0. The number of hydrogen-bond acceptors (Lipinski definition) is 5. The molecule has 0 radical (unpaired) electrons. The van der Waals surface area contributed by atoms with E-state index in [1.807, 2.05) is 19.9 Å². The van der Waals surface area contributed by atoms with Gasteiger partial charge in [0.2, 0.25) is 0 Å². The molecule has 0 saturated heterocycles. The van der Waals surface area contributed by atoms with Gasteiger partial charge in [-0.1, -0.05) is 6.92 Å². The van der Waals surface area contributed by atoms with Crippen LogP contribution < -0.4 is 0 Å². The molecular formula is C28H42N2O3. The highest BCUT2D eigenvalue weighted by atomic mass is 16.5. The number of fused-ring (bicyclic) bond motifs is 5. The van der Waals surface area contributed by atoms with Crippen molar-refractivity contribution in [3.8, 4) is 0 Å². The van der Waals surface area contributed by atoms with Crippen molar-refractivity contribution in [3.63, 3.8) is 0 Å². The van der Waals surface area contributed by atoms with Crippen molar-refractivity contribution in [2.75, 3.05) is 13.2 Å². The summed E-state index contributed by atoms with van der Waals surface area (Å²) in [5.74, 6) is 4.96. The van der Waals surface area contributed by atoms with Crippen LogP contribution in [0.25, 0.3) is 0 Å². The van der Waals surface area contributed by atoms with Crippen LogP contribution >= 0.6 is 0 Å². The van der Waals surface area contributed by atoms with Gasteiger partial charge in [0.1, 0.15) is 11.6 Å². The summed E-state index contributed by atoms with van der Waals surface area (Å²) in [6.07, 6.45) is 12.4. The number of ether oxygens (including phenoxy) is 1. The van der Waals surface area contributed by atoms with E-state index in [9.17, 15) is 9.90 Å². The Morgan fingerprint density at radius 1 is 1.12 bits per heavy atom. The highest BCUT2D eigenvalue weighted by Crippen LogP contribution is 2.64. The third kappa shape index (κ3) is 4.29. The fourth-order valence-electron chi connectivity index (χ4n) is 8.82. The standard InChI is InChI=1S/C28H42N2O3/c1-4-33-17-28(32)13-10-21-19(16-28)5-6-23-22(21)9-12-27(3)24(23)7-8-25(27)26(31)15-20-11-14-29-18(2)30-20/h11,14,19,21-25,32H,4-10,12-13,15-17H2,1-3H3/t19-,21+,22-,23-,24+,25-,27+,28-/m1/s1. The Kier molecular flexibility index (Phi) is 6.41. The predicted octanol–water partition coefficient (Wildman–Crippen LogP) is 4.93. The Labute approximate surface area is 199 Å². The molecule has 4 aliphatic rings. The van der Waals surface area contributed by atoms with Crippen LogP contribution in [0.15, 0.2) is 12.3 Å². The third-order valence-electron chi connectivity index (χ3n) is 10.3. The van der Waals surface area contributed by atoms with Gasteiger partial charge in [0, 0.05) is 25.1 Å². The second kappa shape index (κ2) is 9.03. The number of nitrogens with zero attached hydrogens (tertiary/aromatic N) is 2. The van der Waals surface area contributed by atoms with E-state index >= 15 is 0 Å². The Morgan fingerprint density at radius 3 is 2.73 bits per heavy atom. The lowest BCUT2D eigenvalue weighted by atomic mass is 9.49. The molecule has 4 saturated carbocycles. The summed E-state index contributed by atoms with van der Waals surface area (Å²) in [5, 5.41) is 11.1. The summed E-state index contributed by atoms with van der Waals surface area (Å²) >= 11 is 0. The molecule has 1 N–H and O–H groups in total. The maximum Gasteiger partial charge on any atom is 0.142 e. The third-order valence-corrected chi connectivity index (χ3v) is 10.3. The normalized spacial score (nSPS) is 42.3. The number of carbonyl (C=O) groups excluding carboxylic acids is 1. The minimum atomic E-state index is -0.614. The molecule has 0 bridgehead atoms. The first kappa shape index (κ1) is 23.4. The molecule has 4 fully saturated rings. The largest absolute Gasteiger partial charge is 0.387 e. The van der Waals surface area contributed by atoms with Crippen molar-refractivity contribution in [2.45, 2.75) is 90.6 Å². The van der Waals surface area contributed by atoms with Gasteiger partial charge in [-0.25, -0.2) is 9.97 Å². The van der Waals surface area contributed by atoms with E-state index in [4.69, 9.17) is 4.74 Å². The first-order valence-corrected chi connectivity index (χ1v) is 13.4. The summed E-state index contributed by atoms with van der Waals surface area (Å²) in [6, 6.07) is 1.90. The van der Waals surface area contributed by atoms with Crippen LogP contribution in [0.5, 0.6) is 0 Å². The van der Waals surface area contributed by atoms with Gasteiger partial charge in [0.25, 0.3) is 0 Å². The molecule has 0 aliphatic heterocycles. The SMILES string of the molecule is CCOC[C@@]1(O)CC[C@H]2[C@H](CC[C@@H]3[C@@H]2CC[C@]2(C)[C@@H](C(=O)Cc4ccnc(C)n4)CC[C@@H]32)C1. The van der Waals surface area contributed by atoms with Crippen LogP contribution in [0.3, 0.4) is 0 Å². The molecule has 0 amide bonds.